The topological polar surface area (TPSA) is 44.9 Å². The molecule has 1 saturated carbocycles. The van der Waals surface area contributed by atoms with Gasteiger partial charge >= 0.3 is 0 Å². The molecule has 20 heavy (non-hydrogen) atoms. The predicted octanol–water partition coefficient (Wildman–Crippen LogP) is 3.91. The van der Waals surface area contributed by atoms with Gasteiger partial charge in [0.25, 0.3) is 5.56 Å². The monoisotopic (exact) mass is 270 g/mol. The average molecular weight is 270 g/mol. The second-order valence-electron chi connectivity index (χ2n) is 5.88. The molecule has 2 unspecified atom stereocenters. The van der Waals surface area contributed by atoms with Gasteiger partial charge in [-0.1, -0.05) is 44.4 Å². The Morgan fingerprint density at radius 1 is 1.30 bits per heavy atom. The summed E-state index contributed by atoms with van der Waals surface area (Å²) in [7, 11) is 0. The van der Waals surface area contributed by atoms with Gasteiger partial charge in [-0.2, -0.15) is 0 Å². The number of pyridine rings is 1. The molecule has 0 bridgehead atoms. The molecule has 3 heteroatoms. The molecule has 0 radical (unpaired) electrons. The first kappa shape index (κ1) is 13.2. The lowest BCUT2D eigenvalue weighted by atomic mass is 9.84. The molecule has 106 valence electrons. The minimum Gasteiger partial charge on any atom is -0.369 e. The highest BCUT2D eigenvalue weighted by Gasteiger charge is 2.20. The first-order valence-corrected chi connectivity index (χ1v) is 7.65. The highest BCUT2D eigenvalue weighted by molar-refractivity contribution is 5.83. The summed E-state index contributed by atoms with van der Waals surface area (Å²) in [6.45, 7) is 2.27. The van der Waals surface area contributed by atoms with Crippen molar-refractivity contribution in [2.24, 2.45) is 5.92 Å². The zero-order valence-electron chi connectivity index (χ0n) is 12.0. The first-order chi connectivity index (χ1) is 9.76. The van der Waals surface area contributed by atoms with Gasteiger partial charge in [0.1, 0.15) is 5.82 Å². The lowest BCUT2D eigenvalue weighted by Crippen LogP contribution is -2.28. The summed E-state index contributed by atoms with van der Waals surface area (Å²) in [5, 5.41) is 5.28. The molecule has 2 atom stereocenters. The molecule has 1 aromatic heterocycles. The first-order valence-electron chi connectivity index (χ1n) is 7.65. The average Bonchev–Trinajstić information content (AvgIpc) is 2.47. The molecule has 1 aromatic carbocycles. The second-order valence-corrected chi connectivity index (χ2v) is 5.88. The van der Waals surface area contributed by atoms with Crippen molar-refractivity contribution in [3.63, 3.8) is 0 Å². The van der Waals surface area contributed by atoms with Crippen LogP contribution in [0.1, 0.15) is 39.0 Å². The van der Waals surface area contributed by atoms with E-state index < -0.39 is 0 Å². The molecule has 1 heterocycles. The van der Waals surface area contributed by atoms with E-state index >= 15 is 0 Å². The highest BCUT2D eigenvalue weighted by Crippen LogP contribution is 2.28. The van der Waals surface area contributed by atoms with Crippen LogP contribution in [-0.2, 0) is 0 Å². The number of aromatic nitrogens is 1. The van der Waals surface area contributed by atoms with Crippen LogP contribution in [0.2, 0.25) is 0 Å². The van der Waals surface area contributed by atoms with Gasteiger partial charge in [0.15, 0.2) is 0 Å². The van der Waals surface area contributed by atoms with Gasteiger partial charge in [0.05, 0.1) is 0 Å². The van der Waals surface area contributed by atoms with E-state index in [0.717, 1.165) is 22.5 Å². The Labute approximate surface area is 119 Å². The van der Waals surface area contributed by atoms with Gasteiger partial charge in [-0.15, -0.1) is 0 Å². The van der Waals surface area contributed by atoms with Crippen LogP contribution in [0.15, 0.2) is 35.1 Å². The number of hydrogen-bond donors (Lipinski definition) is 2. The van der Waals surface area contributed by atoms with Crippen LogP contribution in [-0.4, -0.2) is 11.0 Å². The molecular formula is C17H22N2O. The van der Waals surface area contributed by atoms with Crippen LogP contribution < -0.4 is 10.9 Å². The maximum absolute atomic E-state index is 12.1. The lowest BCUT2D eigenvalue weighted by Gasteiger charge is -2.29. The summed E-state index contributed by atoms with van der Waals surface area (Å²) >= 11 is 0. The Hall–Kier alpha value is -1.77. The molecule has 3 nitrogen and oxygen atoms in total. The summed E-state index contributed by atoms with van der Waals surface area (Å²) < 4.78 is 0. The van der Waals surface area contributed by atoms with Crippen molar-refractivity contribution in [3.05, 3.63) is 40.7 Å². The van der Waals surface area contributed by atoms with E-state index in [0.29, 0.717) is 6.04 Å². The van der Waals surface area contributed by atoms with E-state index in [1.165, 1.54) is 32.1 Å². The van der Waals surface area contributed by atoms with E-state index in [4.69, 9.17) is 0 Å². The minimum atomic E-state index is -0.00606. The zero-order valence-corrected chi connectivity index (χ0v) is 12.0. The van der Waals surface area contributed by atoms with Crippen molar-refractivity contribution in [3.8, 4) is 0 Å². The maximum atomic E-state index is 12.1. The molecule has 1 fully saturated rings. The fraction of sp³-hybridized carbons (Fsp3) is 0.471. The SMILES string of the molecule is CCC1CCCC(Nc2cc3ccccc3c(=O)[nH]2)C1. The Balaban J connectivity index is 1.82. The Morgan fingerprint density at radius 3 is 3.00 bits per heavy atom. The number of aromatic amines is 1. The van der Waals surface area contributed by atoms with Crippen LogP contribution in [0.5, 0.6) is 0 Å². The summed E-state index contributed by atoms with van der Waals surface area (Å²) in [6.07, 6.45) is 6.31. The predicted molar refractivity (Wildman–Crippen MR) is 84.2 cm³/mol. The molecule has 2 N–H and O–H groups in total. The molecular weight excluding hydrogens is 248 g/mol. The fourth-order valence-corrected chi connectivity index (χ4v) is 3.30. The molecule has 0 spiro atoms. The van der Waals surface area contributed by atoms with Crippen molar-refractivity contribution in [1.82, 2.24) is 4.98 Å². The van der Waals surface area contributed by atoms with Gasteiger partial charge in [-0.05, 0) is 36.3 Å². The molecule has 1 aliphatic rings. The zero-order chi connectivity index (χ0) is 13.9. The summed E-state index contributed by atoms with van der Waals surface area (Å²) in [6, 6.07) is 10.3. The smallest absolute Gasteiger partial charge is 0.257 e. The third-order valence-corrected chi connectivity index (χ3v) is 4.47. The molecule has 0 amide bonds. The quantitative estimate of drug-likeness (QED) is 0.888. The standard InChI is InChI=1S/C17H22N2O/c1-2-12-6-5-8-14(10-12)18-16-11-13-7-3-4-9-15(13)17(20)19-16/h3-4,7,9,11-12,14H,2,5-6,8,10H2,1H3,(H2,18,19,20). The number of nitrogens with one attached hydrogen (secondary N) is 2. The molecule has 0 aliphatic heterocycles. The van der Waals surface area contributed by atoms with Crippen molar-refractivity contribution in [2.45, 2.75) is 45.1 Å². The number of H-pyrrole nitrogens is 1. The van der Waals surface area contributed by atoms with Gasteiger partial charge < -0.3 is 10.3 Å². The summed E-state index contributed by atoms with van der Waals surface area (Å²) in [4.78, 5) is 15.0. The summed E-state index contributed by atoms with van der Waals surface area (Å²) in [5.74, 6) is 1.68. The maximum Gasteiger partial charge on any atom is 0.257 e. The van der Waals surface area contributed by atoms with E-state index in [-0.39, 0.29) is 5.56 Å². The molecule has 2 aromatic rings. The van der Waals surface area contributed by atoms with Crippen LogP contribution in [0, 0.1) is 5.92 Å². The Morgan fingerprint density at radius 2 is 2.15 bits per heavy atom. The van der Waals surface area contributed by atoms with E-state index in [9.17, 15) is 4.79 Å². The Kier molecular flexibility index (Phi) is 3.77. The number of rotatable bonds is 3. The third kappa shape index (κ3) is 2.72. The van der Waals surface area contributed by atoms with Crippen LogP contribution in [0.25, 0.3) is 10.8 Å². The fourth-order valence-electron chi connectivity index (χ4n) is 3.30. The van der Waals surface area contributed by atoms with Gasteiger partial charge in [0, 0.05) is 11.4 Å². The molecule has 3 rings (SSSR count). The van der Waals surface area contributed by atoms with Gasteiger partial charge in [0.2, 0.25) is 0 Å². The largest absolute Gasteiger partial charge is 0.369 e. The van der Waals surface area contributed by atoms with Crippen LogP contribution >= 0.6 is 0 Å². The van der Waals surface area contributed by atoms with Crippen molar-refractivity contribution >= 4 is 16.6 Å². The van der Waals surface area contributed by atoms with Crippen molar-refractivity contribution < 1.29 is 0 Å². The third-order valence-electron chi connectivity index (χ3n) is 4.47. The van der Waals surface area contributed by atoms with Crippen LogP contribution in [0.3, 0.4) is 0 Å². The molecule has 0 saturated heterocycles. The van der Waals surface area contributed by atoms with Crippen molar-refractivity contribution in [2.75, 3.05) is 5.32 Å². The number of anilines is 1. The van der Waals surface area contributed by atoms with Crippen LogP contribution in [0.4, 0.5) is 5.82 Å². The normalized spacial score (nSPS) is 22.9. The van der Waals surface area contributed by atoms with Gasteiger partial charge in [-0.25, -0.2) is 0 Å². The molecule has 1 aliphatic carbocycles. The van der Waals surface area contributed by atoms with Gasteiger partial charge in [-0.3, -0.25) is 4.79 Å². The number of benzene rings is 1. The highest BCUT2D eigenvalue weighted by atomic mass is 16.1. The lowest BCUT2D eigenvalue weighted by molar-refractivity contribution is 0.327. The van der Waals surface area contributed by atoms with E-state index in [1.807, 2.05) is 30.3 Å². The second kappa shape index (κ2) is 5.70. The number of hydrogen-bond acceptors (Lipinski definition) is 2. The Bertz CT molecular complexity index is 647. The van der Waals surface area contributed by atoms with E-state index in [1.54, 1.807) is 0 Å². The minimum absolute atomic E-state index is 0.00606. The van der Waals surface area contributed by atoms with Crippen molar-refractivity contribution in [1.29, 1.82) is 0 Å². The summed E-state index contributed by atoms with van der Waals surface area (Å²) in [5.41, 5.74) is -0.00606. The van der Waals surface area contributed by atoms with E-state index in [2.05, 4.69) is 17.2 Å². The number of fused-ring (bicyclic) bond motifs is 1.